The van der Waals surface area contributed by atoms with E-state index in [1.165, 1.54) is 12.1 Å². The van der Waals surface area contributed by atoms with Crippen molar-refractivity contribution in [2.45, 2.75) is 19.8 Å². The van der Waals surface area contributed by atoms with Crippen LogP contribution in [0.2, 0.25) is 0 Å². The molecule has 5 heteroatoms. The normalized spacial score (nSPS) is 10.1. The van der Waals surface area contributed by atoms with Gasteiger partial charge in [0.05, 0.1) is 4.92 Å². The summed E-state index contributed by atoms with van der Waals surface area (Å²) in [6.07, 6.45) is 1.04. The minimum absolute atomic E-state index is 0.0229. The highest BCUT2D eigenvalue weighted by Gasteiger charge is 2.10. The van der Waals surface area contributed by atoms with Crippen molar-refractivity contribution in [1.82, 2.24) is 0 Å². The molecule has 108 valence electrons. The number of hydrogen-bond donors (Lipinski definition) is 1. The number of rotatable bonds is 5. The highest BCUT2D eigenvalue weighted by molar-refractivity contribution is 5.91. The molecule has 0 aliphatic heterocycles. The van der Waals surface area contributed by atoms with Gasteiger partial charge >= 0.3 is 0 Å². The molecule has 0 spiro atoms. The molecule has 2 aromatic rings. The van der Waals surface area contributed by atoms with Crippen LogP contribution in [0.1, 0.15) is 17.5 Å². The second-order valence-corrected chi connectivity index (χ2v) is 4.79. The SMILES string of the molecule is Cc1cc([N+](=O)[O-])ccc1NC(=O)CCc1ccccc1. The molecular weight excluding hydrogens is 268 g/mol. The van der Waals surface area contributed by atoms with Crippen LogP contribution in [0.5, 0.6) is 0 Å². The minimum Gasteiger partial charge on any atom is -0.326 e. The second-order valence-electron chi connectivity index (χ2n) is 4.79. The highest BCUT2D eigenvalue weighted by atomic mass is 16.6. The van der Waals surface area contributed by atoms with Crippen molar-refractivity contribution in [2.75, 3.05) is 5.32 Å². The van der Waals surface area contributed by atoms with Crippen LogP contribution >= 0.6 is 0 Å². The lowest BCUT2D eigenvalue weighted by atomic mass is 10.1. The van der Waals surface area contributed by atoms with Crippen molar-refractivity contribution < 1.29 is 9.72 Å². The fourth-order valence-electron chi connectivity index (χ4n) is 2.02. The molecule has 0 bridgehead atoms. The van der Waals surface area contributed by atoms with Crippen LogP contribution in [-0.2, 0) is 11.2 Å². The van der Waals surface area contributed by atoms with Crippen molar-refractivity contribution in [3.63, 3.8) is 0 Å². The molecule has 5 nitrogen and oxygen atoms in total. The summed E-state index contributed by atoms with van der Waals surface area (Å²) in [5, 5.41) is 13.4. The Balaban J connectivity index is 1.95. The van der Waals surface area contributed by atoms with Crippen LogP contribution in [0.25, 0.3) is 0 Å². The molecule has 0 aliphatic rings. The number of amides is 1. The molecule has 1 N–H and O–H groups in total. The number of nitrogens with one attached hydrogen (secondary N) is 1. The summed E-state index contributed by atoms with van der Waals surface area (Å²) in [6.45, 7) is 1.74. The summed E-state index contributed by atoms with van der Waals surface area (Å²) in [5.74, 6) is -0.101. The van der Waals surface area contributed by atoms with Crippen molar-refractivity contribution in [3.05, 3.63) is 69.8 Å². The third-order valence-corrected chi connectivity index (χ3v) is 3.18. The molecule has 2 rings (SSSR count). The van der Waals surface area contributed by atoms with Crippen LogP contribution in [0.3, 0.4) is 0 Å². The van der Waals surface area contributed by atoms with Gasteiger partial charge in [-0.25, -0.2) is 0 Å². The molecule has 0 unspecified atom stereocenters. The molecule has 0 fully saturated rings. The van der Waals surface area contributed by atoms with Gasteiger partial charge in [0.25, 0.3) is 5.69 Å². The number of carbonyl (C=O) groups is 1. The Morgan fingerprint density at radius 3 is 2.52 bits per heavy atom. The summed E-state index contributed by atoms with van der Waals surface area (Å²) < 4.78 is 0. The number of hydrogen-bond acceptors (Lipinski definition) is 3. The third-order valence-electron chi connectivity index (χ3n) is 3.18. The predicted molar refractivity (Wildman–Crippen MR) is 81.2 cm³/mol. The van der Waals surface area contributed by atoms with Crippen molar-refractivity contribution in [1.29, 1.82) is 0 Å². The maximum atomic E-state index is 11.9. The van der Waals surface area contributed by atoms with Gasteiger partial charge in [-0.1, -0.05) is 30.3 Å². The van der Waals surface area contributed by atoms with Gasteiger partial charge in [-0.2, -0.15) is 0 Å². The maximum Gasteiger partial charge on any atom is 0.269 e. The van der Waals surface area contributed by atoms with E-state index >= 15 is 0 Å². The molecule has 0 atom stereocenters. The lowest BCUT2D eigenvalue weighted by Crippen LogP contribution is -2.13. The average Bonchev–Trinajstić information content (AvgIpc) is 2.48. The van der Waals surface area contributed by atoms with E-state index in [1.807, 2.05) is 30.3 Å². The van der Waals surface area contributed by atoms with Gasteiger partial charge in [-0.3, -0.25) is 14.9 Å². The fraction of sp³-hybridized carbons (Fsp3) is 0.188. The largest absolute Gasteiger partial charge is 0.326 e. The van der Waals surface area contributed by atoms with E-state index < -0.39 is 4.92 Å². The van der Waals surface area contributed by atoms with Crippen LogP contribution in [-0.4, -0.2) is 10.8 Å². The Kier molecular flexibility index (Phi) is 4.66. The lowest BCUT2D eigenvalue weighted by molar-refractivity contribution is -0.384. The third kappa shape index (κ3) is 4.14. The zero-order valence-electron chi connectivity index (χ0n) is 11.7. The standard InChI is InChI=1S/C16H16N2O3/c1-12-11-14(18(20)21)8-9-15(12)17-16(19)10-7-13-5-3-2-4-6-13/h2-6,8-9,11H,7,10H2,1H3,(H,17,19). The Morgan fingerprint density at radius 2 is 1.90 bits per heavy atom. The van der Waals surface area contributed by atoms with Crippen LogP contribution < -0.4 is 5.32 Å². The van der Waals surface area contributed by atoms with Crippen molar-refractivity contribution >= 4 is 17.3 Å². The summed E-state index contributed by atoms with van der Waals surface area (Å²) >= 11 is 0. The van der Waals surface area contributed by atoms with Crippen LogP contribution in [0.4, 0.5) is 11.4 Å². The summed E-state index contributed by atoms with van der Waals surface area (Å²) in [4.78, 5) is 22.1. The van der Waals surface area contributed by atoms with E-state index in [1.54, 1.807) is 13.0 Å². The Bertz CT molecular complexity index is 654. The molecule has 0 heterocycles. The first kappa shape index (κ1) is 14.7. The number of aryl methyl sites for hydroxylation is 2. The zero-order chi connectivity index (χ0) is 15.2. The molecule has 0 radical (unpaired) electrons. The number of nitrogens with zero attached hydrogens (tertiary/aromatic N) is 1. The van der Waals surface area contributed by atoms with E-state index in [0.29, 0.717) is 24.1 Å². The molecule has 0 aromatic heterocycles. The number of carbonyl (C=O) groups excluding carboxylic acids is 1. The summed E-state index contributed by atoms with van der Waals surface area (Å²) in [6, 6.07) is 14.2. The first-order chi connectivity index (χ1) is 10.1. The molecule has 21 heavy (non-hydrogen) atoms. The smallest absolute Gasteiger partial charge is 0.269 e. The maximum absolute atomic E-state index is 11.9. The van der Waals surface area contributed by atoms with E-state index in [-0.39, 0.29) is 11.6 Å². The molecule has 1 amide bonds. The number of anilines is 1. The zero-order valence-corrected chi connectivity index (χ0v) is 11.7. The molecular formula is C16H16N2O3. The average molecular weight is 284 g/mol. The Labute approximate surface area is 122 Å². The summed E-state index contributed by atoms with van der Waals surface area (Å²) in [5.41, 5.74) is 2.42. The van der Waals surface area contributed by atoms with Crippen LogP contribution in [0, 0.1) is 17.0 Å². The van der Waals surface area contributed by atoms with E-state index in [4.69, 9.17) is 0 Å². The number of benzene rings is 2. The van der Waals surface area contributed by atoms with Gasteiger partial charge in [0, 0.05) is 24.2 Å². The van der Waals surface area contributed by atoms with Gasteiger partial charge < -0.3 is 5.32 Å². The van der Waals surface area contributed by atoms with Gasteiger partial charge in [0.15, 0.2) is 0 Å². The van der Waals surface area contributed by atoms with E-state index in [0.717, 1.165) is 5.56 Å². The highest BCUT2D eigenvalue weighted by Crippen LogP contribution is 2.21. The van der Waals surface area contributed by atoms with Gasteiger partial charge in [0.1, 0.15) is 0 Å². The Hall–Kier alpha value is -2.69. The molecule has 2 aromatic carbocycles. The fourth-order valence-corrected chi connectivity index (χ4v) is 2.02. The number of nitro benzene ring substituents is 1. The topological polar surface area (TPSA) is 72.2 Å². The number of non-ortho nitro benzene ring substituents is 1. The number of nitro groups is 1. The quantitative estimate of drug-likeness (QED) is 0.675. The predicted octanol–water partition coefficient (Wildman–Crippen LogP) is 3.47. The minimum atomic E-state index is -0.450. The van der Waals surface area contributed by atoms with Gasteiger partial charge in [-0.15, -0.1) is 0 Å². The molecule has 0 aliphatic carbocycles. The Morgan fingerprint density at radius 1 is 1.19 bits per heavy atom. The second kappa shape index (κ2) is 6.65. The molecule has 0 saturated heterocycles. The monoisotopic (exact) mass is 284 g/mol. The first-order valence-electron chi connectivity index (χ1n) is 6.65. The first-order valence-corrected chi connectivity index (χ1v) is 6.65. The van der Waals surface area contributed by atoms with Crippen molar-refractivity contribution in [2.24, 2.45) is 0 Å². The van der Waals surface area contributed by atoms with E-state index in [2.05, 4.69) is 5.32 Å². The molecule has 0 saturated carbocycles. The van der Waals surface area contributed by atoms with Crippen LogP contribution in [0.15, 0.2) is 48.5 Å². The summed E-state index contributed by atoms with van der Waals surface area (Å²) in [7, 11) is 0. The van der Waals surface area contributed by atoms with Gasteiger partial charge in [-0.05, 0) is 30.5 Å². The van der Waals surface area contributed by atoms with Gasteiger partial charge in [0.2, 0.25) is 5.91 Å². The lowest BCUT2D eigenvalue weighted by Gasteiger charge is -2.08. The van der Waals surface area contributed by atoms with Crippen molar-refractivity contribution in [3.8, 4) is 0 Å². The van der Waals surface area contributed by atoms with E-state index in [9.17, 15) is 14.9 Å².